The molecule has 1 saturated carbocycles. The standard InChI is InChI=1S/C28H35NO2/c30-28-24(17-21-13-15-29(16-14-21)20-22-7-3-1-4-8-22)18-23-19-26(11-12-27(23)28)31-25-9-5-2-6-10-25/h1,3-4,7-8,11-12,19,21,24-25H,2,5-6,9-10,13-18,20H2. The van der Waals surface area contributed by atoms with Crippen LogP contribution in [-0.2, 0) is 13.0 Å². The summed E-state index contributed by atoms with van der Waals surface area (Å²) in [5.74, 6) is 2.18. The SMILES string of the molecule is O=C1c2ccc(OC3CCCCC3)cc2CC1CC1CCN(Cc2ccccc2)CC1. The first-order chi connectivity index (χ1) is 15.2. The molecule has 1 heterocycles. The van der Waals surface area contributed by atoms with Gasteiger partial charge in [-0.3, -0.25) is 9.69 Å². The van der Waals surface area contributed by atoms with Crippen LogP contribution in [0.4, 0.5) is 0 Å². The highest BCUT2D eigenvalue weighted by Gasteiger charge is 2.33. The Morgan fingerprint density at radius 3 is 2.45 bits per heavy atom. The summed E-state index contributed by atoms with van der Waals surface area (Å²) in [5.41, 5.74) is 3.56. The highest BCUT2D eigenvalue weighted by Crippen LogP contribution is 2.36. The van der Waals surface area contributed by atoms with Crippen LogP contribution in [0.3, 0.4) is 0 Å². The highest BCUT2D eigenvalue weighted by atomic mass is 16.5. The van der Waals surface area contributed by atoms with Crippen molar-refractivity contribution in [2.45, 2.75) is 70.4 Å². The molecule has 0 bridgehead atoms. The Balaban J connectivity index is 1.13. The maximum atomic E-state index is 13.0. The predicted molar refractivity (Wildman–Crippen MR) is 125 cm³/mol. The molecule has 1 saturated heterocycles. The number of ether oxygens (including phenoxy) is 1. The van der Waals surface area contributed by atoms with Crippen LogP contribution >= 0.6 is 0 Å². The van der Waals surface area contributed by atoms with Crippen molar-refractivity contribution in [3.8, 4) is 5.75 Å². The van der Waals surface area contributed by atoms with E-state index in [0.29, 0.717) is 17.8 Å². The summed E-state index contributed by atoms with van der Waals surface area (Å²) >= 11 is 0. The zero-order chi connectivity index (χ0) is 21.0. The molecule has 0 aromatic heterocycles. The molecule has 2 aromatic rings. The van der Waals surface area contributed by atoms with Crippen LogP contribution in [0.25, 0.3) is 0 Å². The zero-order valence-electron chi connectivity index (χ0n) is 18.6. The molecule has 0 radical (unpaired) electrons. The summed E-state index contributed by atoms with van der Waals surface area (Å²) in [6.07, 6.45) is 11.0. The molecule has 3 aliphatic rings. The molecule has 2 aromatic carbocycles. The third kappa shape index (κ3) is 5.03. The monoisotopic (exact) mass is 417 g/mol. The van der Waals surface area contributed by atoms with E-state index in [1.165, 1.54) is 56.1 Å². The summed E-state index contributed by atoms with van der Waals surface area (Å²) < 4.78 is 6.24. The van der Waals surface area contributed by atoms with Gasteiger partial charge in [0, 0.05) is 18.0 Å². The summed E-state index contributed by atoms with van der Waals surface area (Å²) in [5, 5.41) is 0. The lowest BCUT2D eigenvalue weighted by Crippen LogP contribution is -2.34. The number of hydrogen-bond donors (Lipinski definition) is 0. The molecule has 3 nitrogen and oxygen atoms in total. The first kappa shape index (κ1) is 20.8. The van der Waals surface area contributed by atoms with Gasteiger partial charge in [0.2, 0.25) is 0 Å². The lowest BCUT2D eigenvalue weighted by molar-refractivity contribution is 0.0895. The number of likely N-dealkylation sites (tertiary alicyclic amines) is 1. The summed E-state index contributed by atoms with van der Waals surface area (Å²) in [6, 6.07) is 17.0. The third-order valence-electron chi connectivity index (χ3n) is 7.61. The van der Waals surface area contributed by atoms with E-state index in [1.54, 1.807) is 0 Å². The van der Waals surface area contributed by atoms with Crippen LogP contribution in [0.2, 0.25) is 0 Å². The predicted octanol–water partition coefficient (Wildman–Crippen LogP) is 6.06. The van der Waals surface area contributed by atoms with Gasteiger partial charge in [-0.15, -0.1) is 0 Å². The first-order valence-corrected chi connectivity index (χ1v) is 12.3. The fraction of sp³-hybridized carbons (Fsp3) is 0.536. The van der Waals surface area contributed by atoms with Crippen LogP contribution in [0.15, 0.2) is 48.5 Å². The van der Waals surface area contributed by atoms with Crippen LogP contribution in [0, 0.1) is 11.8 Å². The summed E-state index contributed by atoms with van der Waals surface area (Å²) in [7, 11) is 0. The Morgan fingerprint density at radius 1 is 0.903 bits per heavy atom. The van der Waals surface area contributed by atoms with Crippen molar-refractivity contribution in [1.82, 2.24) is 4.90 Å². The maximum absolute atomic E-state index is 13.0. The topological polar surface area (TPSA) is 29.5 Å². The van der Waals surface area contributed by atoms with Crippen molar-refractivity contribution in [1.29, 1.82) is 0 Å². The van der Waals surface area contributed by atoms with Crippen molar-refractivity contribution in [3.63, 3.8) is 0 Å². The molecule has 1 atom stereocenters. The maximum Gasteiger partial charge on any atom is 0.166 e. The molecule has 0 amide bonds. The minimum Gasteiger partial charge on any atom is -0.490 e. The van der Waals surface area contributed by atoms with E-state index in [1.807, 2.05) is 12.1 Å². The molecule has 31 heavy (non-hydrogen) atoms. The van der Waals surface area contributed by atoms with Gasteiger partial charge >= 0.3 is 0 Å². The lowest BCUT2D eigenvalue weighted by Gasteiger charge is -2.32. The number of fused-ring (bicyclic) bond motifs is 1. The van der Waals surface area contributed by atoms with Gasteiger partial charge in [0.25, 0.3) is 0 Å². The Labute approximate surface area is 186 Å². The molecule has 1 aliphatic heterocycles. The third-order valence-corrected chi connectivity index (χ3v) is 7.61. The zero-order valence-corrected chi connectivity index (χ0v) is 18.6. The number of piperidine rings is 1. The van der Waals surface area contributed by atoms with Gasteiger partial charge in [0.15, 0.2) is 5.78 Å². The van der Waals surface area contributed by atoms with Gasteiger partial charge < -0.3 is 4.74 Å². The smallest absolute Gasteiger partial charge is 0.166 e. The van der Waals surface area contributed by atoms with Crippen LogP contribution in [0.5, 0.6) is 5.75 Å². The summed E-state index contributed by atoms with van der Waals surface area (Å²) in [4.78, 5) is 15.6. The van der Waals surface area contributed by atoms with E-state index in [4.69, 9.17) is 4.74 Å². The molecule has 0 N–H and O–H groups in total. The number of ketones is 1. The van der Waals surface area contributed by atoms with Crippen molar-refractivity contribution in [2.24, 2.45) is 11.8 Å². The minimum absolute atomic E-state index is 0.172. The van der Waals surface area contributed by atoms with Gasteiger partial charge in [0.05, 0.1) is 6.10 Å². The highest BCUT2D eigenvalue weighted by molar-refractivity contribution is 6.02. The quantitative estimate of drug-likeness (QED) is 0.572. The Bertz CT molecular complexity index is 879. The number of nitrogens with zero attached hydrogens (tertiary/aromatic N) is 1. The number of benzene rings is 2. The van der Waals surface area contributed by atoms with Crippen molar-refractivity contribution in [3.05, 3.63) is 65.2 Å². The second-order valence-electron chi connectivity index (χ2n) is 9.90. The molecule has 2 fully saturated rings. The largest absolute Gasteiger partial charge is 0.490 e. The molecule has 3 heteroatoms. The fourth-order valence-electron chi connectivity index (χ4n) is 5.82. The van der Waals surface area contributed by atoms with Crippen molar-refractivity contribution < 1.29 is 9.53 Å². The van der Waals surface area contributed by atoms with Gasteiger partial charge in [0.1, 0.15) is 5.75 Å². The lowest BCUT2D eigenvalue weighted by atomic mass is 9.85. The molecule has 5 rings (SSSR count). The van der Waals surface area contributed by atoms with Crippen LogP contribution in [0.1, 0.15) is 72.9 Å². The first-order valence-electron chi connectivity index (χ1n) is 12.3. The van der Waals surface area contributed by atoms with E-state index >= 15 is 0 Å². The number of carbonyl (C=O) groups is 1. The molecular weight excluding hydrogens is 382 g/mol. The number of hydrogen-bond acceptors (Lipinski definition) is 3. The van der Waals surface area contributed by atoms with E-state index in [-0.39, 0.29) is 5.92 Å². The van der Waals surface area contributed by atoms with Crippen molar-refractivity contribution >= 4 is 5.78 Å². The van der Waals surface area contributed by atoms with Crippen LogP contribution in [-0.4, -0.2) is 29.9 Å². The number of carbonyl (C=O) groups excluding carboxylic acids is 1. The van der Waals surface area contributed by atoms with Crippen molar-refractivity contribution in [2.75, 3.05) is 13.1 Å². The van der Waals surface area contributed by atoms with Gasteiger partial charge in [-0.05, 0) is 99.7 Å². The average Bonchev–Trinajstić information content (AvgIpc) is 3.11. The van der Waals surface area contributed by atoms with E-state index in [9.17, 15) is 4.79 Å². The van der Waals surface area contributed by atoms with Crippen LogP contribution < -0.4 is 4.74 Å². The fourth-order valence-corrected chi connectivity index (χ4v) is 5.82. The average molecular weight is 418 g/mol. The Morgan fingerprint density at radius 2 is 1.68 bits per heavy atom. The molecular formula is C28H35NO2. The molecule has 0 spiro atoms. The normalized spacial score (nSPS) is 23.1. The minimum atomic E-state index is 0.172. The molecule has 1 unspecified atom stereocenters. The second kappa shape index (κ2) is 9.56. The van der Waals surface area contributed by atoms with Gasteiger partial charge in [-0.2, -0.15) is 0 Å². The number of Topliss-reactive ketones (excluding diaryl/α,β-unsaturated/α-hetero) is 1. The van der Waals surface area contributed by atoms with E-state index in [0.717, 1.165) is 43.8 Å². The Hall–Kier alpha value is -2.13. The van der Waals surface area contributed by atoms with Gasteiger partial charge in [-0.1, -0.05) is 36.8 Å². The van der Waals surface area contributed by atoms with E-state index in [2.05, 4.69) is 41.3 Å². The van der Waals surface area contributed by atoms with E-state index < -0.39 is 0 Å². The Kier molecular flexibility index (Phi) is 6.40. The second-order valence-corrected chi connectivity index (χ2v) is 9.90. The molecule has 2 aliphatic carbocycles. The summed E-state index contributed by atoms with van der Waals surface area (Å²) in [6.45, 7) is 3.34. The molecule has 164 valence electrons. The van der Waals surface area contributed by atoms with Gasteiger partial charge in [-0.25, -0.2) is 0 Å². The number of rotatable bonds is 6.